The first-order chi connectivity index (χ1) is 10.7. The molecule has 23 heavy (non-hydrogen) atoms. The van der Waals surface area contributed by atoms with Gasteiger partial charge in [-0.1, -0.05) is 6.92 Å². The lowest BCUT2D eigenvalue weighted by atomic mass is 10.2. The Morgan fingerprint density at radius 1 is 1.35 bits per heavy atom. The van der Waals surface area contributed by atoms with Gasteiger partial charge in [-0.3, -0.25) is 0 Å². The fourth-order valence-corrected chi connectivity index (χ4v) is 2.50. The zero-order valence-corrected chi connectivity index (χ0v) is 13.9. The molecule has 4 nitrogen and oxygen atoms in total. The molecule has 0 aliphatic carbocycles. The van der Waals surface area contributed by atoms with Crippen molar-refractivity contribution in [1.29, 1.82) is 0 Å². The Bertz CT molecular complexity index is 601. The number of carbonyl (C=O) groups is 1. The van der Waals surface area contributed by atoms with Crippen LogP contribution in [0.25, 0.3) is 0 Å². The van der Waals surface area contributed by atoms with E-state index in [2.05, 4.69) is 5.32 Å². The number of benzene rings is 1. The molecule has 0 aromatic heterocycles. The summed E-state index contributed by atoms with van der Waals surface area (Å²) in [4.78, 5) is 12.0. The summed E-state index contributed by atoms with van der Waals surface area (Å²) >= 11 is 1.26. The molecule has 0 aliphatic rings. The maximum atomic E-state index is 12.8. The van der Waals surface area contributed by atoms with Crippen LogP contribution < -0.4 is 11.1 Å². The molecule has 0 radical (unpaired) electrons. The Morgan fingerprint density at radius 2 is 2.00 bits per heavy atom. The molecule has 0 unspecified atom stereocenters. The zero-order valence-electron chi connectivity index (χ0n) is 13.1. The van der Waals surface area contributed by atoms with Crippen molar-refractivity contribution < 1.29 is 22.7 Å². The fourth-order valence-electron chi connectivity index (χ4n) is 1.71. The van der Waals surface area contributed by atoms with E-state index in [0.29, 0.717) is 22.0 Å². The molecule has 0 saturated carbocycles. The Balaban J connectivity index is 3.12. The minimum Gasteiger partial charge on any atom is -0.461 e. The molecule has 0 aliphatic heterocycles. The fraction of sp³-hybridized carbons (Fsp3) is 0.400. The molecule has 0 amide bonds. The van der Waals surface area contributed by atoms with Crippen LogP contribution in [0.3, 0.4) is 0 Å². The topological polar surface area (TPSA) is 64.3 Å². The molecule has 128 valence electrons. The summed E-state index contributed by atoms with van der Waals surface area (Å²) < 4.78 is 43.2. The summed E-state index contributed by atoms with van der Waals surface area (Å²) in [6.45, 7) is 5.23. The third-order valence-corrected chi connectivity index (χ3v) is 3.77. The van der Waals surface area contributed by atoms with Gasteiger partial charge in [-0.25, -0.2) is 4.79 Å². The van der Waals surface area contributed by atoms with Crippen molar-refractivity contribution in [2.24, 2.45) is 5.73 Å². The van der Waals surface area contributed by atoms with E-state index in [-0.39, 0.29) is 12.3 Å². The molecule has 0 spiro atoms. The first-order valence-corrected chi connectivity index (χ1v) is 7.93. The van der Waals surface area contributed by atoms with Crippen molar-refractivity contribution in [1.82, 2.24) is 0 Å². The average molecular weight is 348 g/mol. The predicted molar refractivity (Wildman–Crippen MR) is 85.0 cm³/mol. The SMILES string of the molecule is CCOC(=O)/C(N)=C(\C)Nc1ccc(C(F)(F)F)cc1SCC. The second kappa shape index (κ2) is 8.14. The average Bonchev–Trinajstić information content (AvgIpc) is 2.47. The third-order valence-electron chi connectivity index (χ3n) is 2.83. The van der Waals surface area contributed by atoms with Gasteiger partial charge in [0.1, 0.15) is 5.70 Å². The van der Waals surface area contributed by atoms with E-state index in [9.17, 15) is 18.0 Å². The minimum absolute atomic E-state index is 0.112. The van der Waals surface area contributed by atoms with E-state index >= 15 is 0 Å². The van der Waals surface area contributed by atoms with Crippen LogP contribution in [0.2, 0.25) is 0 Å². The van der Waals surface area contributed by atoms with Crippen molar-refractivity contribution >= 4 is 23.4 Å². The van der Waals surface area contributed by atoms with Crippen LogP contribution in [0, 0.1) is 0 Å². The van der Waals surface area contributed by atoms with E-state index in [1.807, 2.05) is 6.92 Å². The Morgan fingerprint density at radius 3 is 2.52 bits per heavy atom. The number of halogens is 3. The monoisotopic (exact) mass is 348 g/mol. The highest BCUT2D eigenvalue weighted by molar-refractivity contribution is 7.99. The molecule has 0 bridgehead atoms. The number of nitrogens with two attached hydrogens (primary N) is 1. The predicted octanol–water partition coefficient (Wildman–Crippen LogP) is 3.98. The van der Waals surface area contributed by atoms with E-state index in [1.165, 1.54) is 17.8 Å². The minimum atomic E-state index is -4.41. The van der Waals surface area contributed by atoms with Gasteiger partial charge in [0.25, 0.3) is 0 Å². The first-order valence-electron chi connectivity index (χ1n) is 6.95. The van der Waals surface area contributed by atoms with Crippen LogP contribution in [-0.4, -0.2) is 18.3 Å². The molecule has 0 saturated heterocycles. The number of ether oxygens (including phenoxy) is 1. The molecule has 0 heterocycles. The molecule has 0 fully saturated rings. The number of carbonyl (C=O) groups excluding carboxylic acids is 1. The summed E-state index contributed by atoms with van der Waals surface area (Å²) in [6.07, 6.45) is -4.41. The van der Waals surface area contributed by atoms with E-state index < -0.39 is 17.7 Å². The number of esters is 1. The third kappa shape index (κ3) is 5.38. The number of hydrogen-bond donors (Lipinski definition) is 2. The Labute approximate surface area is 137 Å². The summed E-state index contributed by atoms with van der Waals surface area (Å²) in [5.41, 5.74) is 5.61. The van der Waals surface area contributed by atoms with Gasteiger partial charge in [0.2, 0.25) is 0 Å². The van der Waals surface area contributed by atoms with Crippen molar-refractivity contribution in [3.8, 4) is 0 Å². The smallest absolute Gasteiger partial charge is 0.416 e. The van der Waals surface area contributed by atoms with Gasteiger partial charge in [0.05, 0.1) is 17.9 Å². The van der Waals surface area contributed by atoms with Crippen LogP contribution in [0.1, 0.15) is 26.3 Å². The second-order valence-corrected chi connectivity index (χ2v) is 5.83. The molecule has 8 heteroatoms. The number of rotatable bonds is 6. The standard InChI is InChI=1S/C15H19F3N2O2S/c1-4-22-14(21)13(19)9(3)20-11-7-6-10(15(16,17)18)8-12(11)23-5-2/h6-8,20H,4-5,19H2,1-3H3/b13-9-. The number of hydrogen-bond acceptors (Lipinski definition) is 5. The zero-order chi connectivity index (χ0) is 17.6. The molecule has 0 atom stereocenters. The van der Waals surface area contributed by atoms with Gasteiger partial charge in [-0.05, 0) is 37.8 Å². The number of anilines is 1. The van der Waals surface area contributed by atoms with Crippen LogP contribution >= 0.6 is 11.8 Å². The first kappa shape index (κ1) is 19.2. The Kier molecular flexibility index (Phi) is 6.80. The summed E-state index contributed by atoms with van der Waals surface area (Å²) in [5.74, 6) is -0.0688. The lowest BCUT2D eigenvalue weighted by Gasteiger charge is -2.16. The van der Waals surface area contributed by atoms with Crippen LogP contribution in [0.15, 0.2) is 34.5 Å². The van der Waals surface area contributed by atoms with Crippen molar-refractivity contribution in [2.45, 2.75) is 31.8 Å². The van der Waals surface area contributed by atoms with Gasteiger partial charge < -0.3 is 15.8 Å². The molecule has 1 aromatic carbocycles. The van der Waals surface area contributed by atoms with E-state index in [4.69, 9.17) is 10.5 Å². The number of alkyl halides is 3. The molecular formula is C15H19F3N2O2S. The van der Waals surface area contributed by atoms with E-state index in [0.717, 1.165) is 12.1 Å². The maximum absolute atomic E-state index is 12.8. The van der Waals surface area contributed by atoms with Crippen LogP contribution in [0.5, 0.6) is 0 Å². The molecular weight excluding hydrogens is 329 g/mol. The molecule has 1 aromatic rings. The number of nitrogens with one attached hydrogen (secondary N) is 1. The highest BCUT2D eigenvalue weighted by atomic mass is 32.2. The summed E-state index contributed by atoms with van der Waals surface area (Å²) in [7, 11) is 0. The largest absolute Gasteiger partial charge is 0.461 e. The van der Waals surface area contributed by atoms with Gasteiger partial charge in [0, 0.05) is 10.6 Å². The van der Waals surface area contributed by atoms with Gasteiger partial charge in [-0.15, -0.1) is 11.8 Å². The van der Waals surface area contributed by atoms with Gasteiger partial charge in [0.15, 0.2) is 0 Å². The van der Waals surface area contributed by atoms with Crippen LogP contribution in [-0.2, 0) is 15.7 Å². The Hall–Kier alpha value is -1.83. The van der Waals surface area contributed by atoms with Crippen molar-refractivity contribution in [3.05, 3.63) is 35.2 Å². The summed E-state index contributed by atoms with van der Waals surface area (Å²) in [6, 6.07) is 3.38. The van der Waals surface area contributed by atoms with Crippen molar-refractivity contribution in [3.63, 3.8) is 0 Å². The maximum Gasteiger partial charge on any atom is 0.416 e. The number of thioether (sulfide) groups is 1. The molecule has 1 rings (SSSR count). The highest BCUT2D eigenvalue weighted by Crippen LogP contribution is 2.36. The lowest BCUT2D eigenvalue weighted by Crippen LogP contribution is -2.19. The van der Waals surface area contributed by atoms with E-state index in [1.54, 1.807) is 13.8 Å². The van der Waals surface area contributed by atoms with Crippen LogP contribution in [0.4, 0.5) is 18.9 Å². The quantitative estimate of drug-likeness (QED) is 0.462. The normalized spacial score (nSPS) is 12.6. The highest BCUT2D eigenvalue weighted by Gasteiger charge is 2.31. The second-order valence-electron chi connectivity index (χ2n) is 4.53. The van der Waals surface area contributed by atoms with Gasteiger partial charge >= 0.3 is 12.1 Å². The van der Waals surface area contributed by atoms with Crippen molar-refractivity contribution in [2.75, 3.05) is 17.7 Å². The molecule has 3 N–H and O–H groups in total. The number of allylic oxidation sites excluding steroid dienone is 1. The lowest BCUT2D eigenvalue weighted by molar-refractivity contribution is -0.139. The summed E-state index contributed by atoms with van der Waals surface area (Å²) in [5, 5.41) is 2.88. The van der Waals surface area contributed by atoms with Gasteiger partial charge in [-0.2, -0.15) is 13.2 Å².